The van der Waals surface area contributed by atoms with Crippen molar-refractivity contribution in [1.29, 1.82) is 0 Å². The van der Waals surface area contributed by atoms with Crippen LogP contribution in [-0.4, -0.2) is 34.1 Å². The number of anilines is 1. The van der Waals surface area contributed by atoms with Gasteiger partial charge in [0.25, 0.3) is 0 Å². The molecule has 1 aliphatic heterocycles. The van der Waals surface area contributed by atoms with Crippen molar-refractivity contribution >= 4 is 17.3 Å². The molecule has 0 aromatic carbocycles. The van der Waals surface area contributed by atoms with Gasteiger partial charge in [-0.1, -0.05) is 13.3 Å². The van der Waals surface area contributed by atoms with Gasteiger partial charge in [0.1, 0.15) is 11.9 Å². The minimum Gasteiger partial charge on any atom is -0.481 e. The number of pyridine rings is 1. The number of carboxylic acids is 1. The van der Waals surface area contributed by atoms with Crippen LogP contribution >= 0.6 is 0 Å². The second-order valence-electron chi connectivity index (χ2n) is 5.44. The van der Waals surface area contributed by atoms with Gasteiger partial charge in [0, 0.05) is 19.3 Å². The van der Waals surface area contributed by atoms with Gasteiger partial charge < -0.3 is 10.0 Å². The largest absolute Gasteiger partial charge is 0.481 e. The third-order valence-electron chi connectivity index (χ3n) is 4.22. The molecule has 1 aromatic heterocycles. The molecule has 7 nitrogen and oxygen atoms in total. The SMILES string of the molecule is CCCC1(C(=O)O)CCN(c2ccncc2[N+](=O)[O-])CC1. The first-order valence-electron chi connectivity index (χ1n) is 7.07. The molecule has 2 heterocycles. The highest BCUT2D eigenvalue weighted by atomic mass is 16.6. The van der Waals surface area contributed by atoms with Crippen LogP contribution < -0.4 is 4.90 Å². The standard InChI is InChI=1S/C14H19N3O4/c1-2-4-14(13(18)19)5-8-16(9-6-14)11-3-7-15-10-12(11)17(20)21/h3,7,10H,2,4-6,8-9H2,1H3,(H,18,19). The lowest BCUT2D eigenvalue weighted by atomic mass is 9.75. The predicted octanol–water partition coefficient (Wildman–Crippen LogP) is 2.46. The van der Waals surface area contributed by atoms with Crippen LogP contribution in [0.25, 0.3) is 0 Å². The normalized spacial score (nSPS) is 17.5. The van der Waals surface area contributed by atoms with Crippen molar-refractivity contribution in [3.8, 4) is 0 Å². The molecular weight excluding hydrogens is 274 g/mol. The van der Waals surface area contributed by atoms with E-state index in [1.54, 1.807) is 6.07 Å². The fourth-order valence-corrected chi connectivity index (χ4v) is 3.01. The van der Waals surface area contributed by atoms with Gasteiger partial charge in [-0.15, -0.1) is 0 Å². The maximum atomic E-state index is 11.5. The third-order valence-corrected chi connectivity index (χ3v) is 4.22. The topological polar surface area (TPSA) is 96.6 Å². The van der Waals surface area contributed by atoms with Gasteiger partial charge in [0.05, 0.1) is 10.3 Å². The first-order valence-corrected chi connectivity index (χ1v) is 7.07. The van der Waals surface area contributed by atoms with Crippen LogP contribution in [-0.2, 0) is 4.79 Å². The Morgan fingerprint density at radius 3 is 2.71 bits per heavy atom. The molecule has 114 valence electrons. The van der Waals surface area contributed by atoms with E-state index in [9.17, 15) is 20.0 Å². The Balaban J connectivity index is 2.18. The summed E-state index contributed by atoms with van der Waals surface area (Å²) in [4.78, 5) is 27.8. The number of carbonyl (C=O) groups is 1. The van der Waals surface area contributed by atoms with E-state index in [4.69, 9.17) is 0 Å². The summed E-state index contributed by atoms with van der Waals surface area (Å²) in [5, 5.41) is 20.5. The van der Waals surface area contributed by atoms with Crippen LogP contribution in [0.4, 0.5) is 11.4 Å². The van der Waals surface area contributed by atoms with E-state index in [0.717, 1.165) is 6.42 Å². The Morgan fingerprint density at radius 2 is 2.19 bits per heavy atom. The minimum absolute atomic E-state index is 0.0317. The average Bonchev–Trinajstić information content (AvgIpc) is 2.48. The predicted molar refractivity (Wildman–Crippen MR) is 77.3 cm³/mol. The van der Waals surface area contributed by atoms with E-state index < -0.39 is 16.3 Å². The molecule has 0 atom stereocenters. The van der Waals surface area contributed by atoms with Gasteiger partial charge in [0.15, 0.2) is 0 Å². The summed E-state index contributed by atoms with van der Waals surface area (Å²) in [7, 11) is 0. The number of rotatable bonds is 5. The van der Waals surface area contributed by atoms with Gasteiger partial charge in [-0.2, -0.15) is 0 Å². The van der Waals surface area contributed by atoms with E-state index in [1.165, 1.54) is 12.4 Å². The first-order chi connectivity index (χ1) is 10.00. The molecule has 0 aliphatic carbocycles. The highest BCUT2D eigenvalue weighted by Crippen LogP contribution is 2.39. The van der Waals surface area contributed by atoms with Crippen LogP contribution in [0.5, 0.6) is 0 Å². The molecule has 0 bridgehead atoms. The van der Waals surface area contributed by atoms with E-state index in [-0.39, 0.29) is 5.69 Å². The fourth-order valence-electron chi connectivity index (χ4n) is 3.01. The maximum absolute atomic E-state index is 11.5. The van der Waals surface area contributed by atoms with E-state index in [2.05, 4.69) is 4.98 Å². The molecule has 2 rings (SSSR count). The summed E-state index contributed by atoms with van der Waals surface area (Å²) in [6, 6.07) is 1.62. The lowest BCUT2D eigenvalue weighted by Crippen LogP contribution is -2.44. The zero-order valence-corrected chi connectivity index (χ0v) is 12.0. The molecule has 1 aliphatic rings. The fraction of sp³-hybridized carbons (Fsp3) is 0.571. The molecular formula is C14H19N3O4. The molecule has 0 saturated carbocycles. The van der Waals surface area contributed by atoms with Crippen LogP contribution in [0, 0.1) is 15.5 Å². The monoisotopic (exact) mass is 293 g/mol. The van der Waals surface area contributed by atoms with Crippen molar-refractivity contribution in [1.82, 2.24) is 4.98 Å². The van der Waals surface area contributed by atoms with Crippen molar-refractivity contribution in [2.24, 2.45) is 5.41 Å². The summed E-state index contributed by atoms with van der Waals surface area (Å²) in [5.74, 6) is -0.756. The van der Waals surface area contributed by atoms with Crippen LogP contribution in [0.3, 0.4) is 0 Å². The first kappa shape index (κ1) is 15.2. The number of hydrogen-bond acceptors (Lipinski definition) is 5. The highest BCUT2D eigenvalue weighted by Gasteiger charge is 2.41. The number of aromatic nitrogens is 1. The smallest absolute Gasteiger partial charge is 0.310 e. The summed E-state index contributed by atoms with van der Waals surface area (Å²) in [5.41, 5.74) is -0.200. The van der Waals surface area contributed by atoms with Gasteiger partial charge in [-0.05, 0) is 25.3 Å². The number of aliphatic carboxylic acids is 1. The Morgan fingerprint density at radius 1 is 1.52 bits per heavy atom. The molecule has 0 radical (unpaired) electrons. The van der Waals surface area contributed by atoms with E-state index in [0.29, 0.717) is 38.0 Å². The van der Waals surface area contributed by atoms with Crippen molar-refractivity contribution in [2.45, 2.75) is 32.6 Å². The summed E-state index contributed by atoms with van der Waals surface area (Å²) in [6.45, 7) is 3.00. The van der Waals surface area contributed by atoms with Crippen LogP contribution in [0.15, 0.2) is 18.5 Å². The van der Waals surface area contributed by atoms with Gasteiger partial charge >= 0.3 is 11.7 Å². The number of hydrogen-bond donors (Lipinski definition) is 1. The lowest BCUT2D eigenvalue weighted by molar-refractivity contribution is -0.384. The highest BCUT2D eigenvalue weighted by molar-refractivity contribution is 5.75. The second kappa shape index (κ2) is 6.07. The molecule has 7 heteroatoms. The number of nitrogens with zero attached hydrogens (tertiary/aromatic N) is 3. The number of nitro groups is 1. The van der Waals surface area contributed by atoms with Crippen molar-refractivity contribution in [2.75, 3.05) is 18.0 Å². The van der Waals surface area contributed by atoms with Crippen molar-refractivity contribution in [3.63, 3.8) is 0 Å². The minimum atomic E-state index is -0.756. The Hall–Kier alpha value is -2.18. The maximum Gasteiger partial charge on any atom is 0.310 e. The Kier molecular flexibility index (Phi) is 4.40. The van der Waals surface area contributed by atoms with Crippen molar-refractivity contribution in [3.05, 3.63) is 28.6 Å². The molecule has 21 heavy (non-hydrogen) atoms. The van der Waals surface area contributed by atoms with Crippen LogP contribution in [0.2, 0.25) is 0 Å². The zero-order chi connectivity index (χ0) is 15.5. The molecule has 0 amide bonds. The summed E-state index contributed by atoms with van der Waals surface area (Å²) >= 11 is 0. The van der Waals surface area contributed by atoms with Crippen LogP contribution in [0.1, 0.15) is 32.6 Å². The quantitative estimate of drug-likeness (QED) is 0.661. The third kappa shape index (κ3) is 2.96. The lowest BCUT2D eigenvalue weighted by Gasteiger charge is -2.39. The van der Waals surface area contributed by atoms with Crippen molar-refractivity contribution < 1.29 is 14.8 Å². The van der Waals surface area contributed by atoms with E-state index >= 15 is 0 Å². The van der Waals surface area contributed by atoms with E-state index in [1.807, 2.05) is 11.8 Å². The van der Waals surface area contributed by atoms with Gasteiger partial charge in [-0.25, -0.2) is 0 Å². The Labute approximate surface area is 122 Å². The van der Waals surface area contributed by atoms with Gasteiger partial charge in [0.2, 0.25) is 0 Å². The molecule has 0 unspecified atom stereocenters. The average molecular weight is 293 g/mol. The number of carboxylic acid groups (broad SMARTS) is 1. The second-order valence-corrected chi connectivity index (χ2v) is 5.44. The molecule has 1 fully saturated rings. The summed E-state index contributed by atoms with van der Waals surface area (Å²) < 4.78 is 0. The molecule has 1 aromatic rings. The Bertz CT molecular complexity index is 539. The zero-order valence-electron chi connectivity index (χ0n) is 12.0. The summed E-state index contributed by atoms with van der Waals surface area (Å²) in [6.07, 6.45) is 5.25. The molecule has 1 N–H and O–H groups in total. The molecule has 1 saturated heterocycles. The number of piperidine rings is 1. The van der Waals surface area contributed by atoms with Gasteiger partial charge in [-0.3, -0.25) is 19.9 Å². The molecule has 0 spiro atoms.